The first kappa shape index (κ1) is 16.0. The van der Waals surface area contributed by atoms with Crippen LogP contribution in [0.4, 0.5) is 11.8 Å². The molecular formula is C15H19N5O2S. The van der Waals surface area contributed by atoms with Crippen molar-refractivity contribution >= 4 is 23.1 Å². The van der Waals surface area contributed by atoms with Gasteiger partial charge in [0.25, 0.3) is 0 Å². The van der Waals surface area contributed by atoms with Crippen LogP contribution in [0.5, 0.6) is 0 Å². The third kappa shape index (κ3) is 3.73. The Bertz CT molecular complexity index is 661. The van der Waals surface area contributed by atoms with Crippen molar-refractivity contribution in [2.75, 3.05) is 44.4 Å². The van der Waals surface area contributed by atoms with Gasteiger partial charge in [-0.25, -0.2) is 4.98 Å². The molecular weight excluding hydrogens is 314 g/mol. The van der Waals surface area contributed by atoms with Crippen LogP contribution in [0.3, 0.4) is 0 Å². The molecule has 1 fully saturated rings. The van der Waals surface area contributed by atoms with E-state index in [1.807, 2.05) is 34.6 Å². The van der Waals surface area contributed by atoms with Gasteiger partial charge in [-0.2, -0.15) is 4.98 Å². The fraction of sp³-hybridized carbons (Fsp3) is 0.333. The largest absolute Gasteiger partial charge is 0.593 e. The van der Waals surface area contributed by atoms with Crippen LogP contribution in [-0.4, -0.2) is 52.2 Å². The number of ether oxygens (including phenoxy) is 1. The summed E-state index contributed by atoms with van der Waals surface area (Å²) in [7, 11) is 1.78. The van der Waals surface area contributed by atoms with Crippen molar-refractivity contribution in [1.29, 1.82) is 0 Å². The maximum Gasteiger partial charge on any atom is 0.222 e. The van der Waals surface area contributed by atoms with Crippen LogP contribution >= 0.6 is 0 Å². The smallest absolute Gasteiger partial charge is 0.222 e. The summed E-state index contributed by atoms with van der Waals surface area (Å²) in [5, 5.41) is 2.95. The molecule has 0 bridgehead atoms. The summed E-state index contributed by atoms with van der Waals surface area (Å²) in [5.74, 6) is 0.876. The zero-order chi connectivity index (χ0) is 16.2. The summed E-state index contributed by atoms with van der Waals surface area (Å²) in [6.07, 6.45) is 0. The van der Waals surface area contributed by atoms with Crippen LogP contribution < -0.4 is 11.1 Å². The average molecular weight is 333 g/mol. The molecule has 1 aromatic heterocycles. The molecule has 1 atom stereocenters. The number of hydrogen-bond acceptors (Lipinski definition) is 7. The van der Waals surface area contributed by atoms with Crippen LogP contribution in [0, 0.1) is 0 Å². The quantitative estimate of drug-likeness (QED) is 0.809. The number of rotatable bonds is 4. The summed E-state index contributed by atoms with van der Waals surface area (Å²) >= 11 is -1.16. The highest BCUT2D eigenvalue weighted by Crippen LogP contribution is 2.24. The zero-order valence-electron chi connectivity index (χ0n) is 12.9. The van der Waals surface area contributed by atoms with Crippen LogP contribution in [0.15, 0.2) is 35.2 Å². The first-order valence-corrected chi connectivity index (χ1v) is 8.45. The van der Waals surface area contributed by atoms with Gasteiger partial charge in [-0.1, -0.05) is 0 Å². The van der Waals surface area contributed by atoms with E-state index in [1.165, 1.54) is 0 Å². The summed E-state index contributed by atoms with van der Waals surface area (Å²) < 4.78 is 19.7. The van der Waals surface area contributed by atoms with Crippen molar-refractivity contribution in [3.63, 3.8) is 0 Å². The summed E-state index contributed by atoms with van der Waals surface area (Å²) in [5.41, 5.74) is 7.35. The molecule has 1 saturated heterocycles. The van der Waals surface area contributed by atoms with Crippen molar-refractivity contribution in [3.05, 3.63) is 30.3 Å². The molecule has 1 aliphatic heterocycles. The van der Waals surface area contributed by atoms with Gasteiger partial charge in [-0.3, -0.25) is 0 Å². The number of anilines is 2. The Morgan fingerprint density at radius 3 is 2.57 bits per heavy atom. The van der Waals surface area contributed by atoms with E-state index in [1.54, 1.807) is 7.05 Å². The van der Waals surface area contributed by atoms with E-state index in [0.29, 0.717) is 32.1 Å². The Hall–Kier alpha value is -1.87. The minimum Gasteiger partial charge on any atom is -0.593 e. The Morgan fingerprint density at radius 2 is 1.91 bits per heavy atom. The van der Waals surface area contributed by atoms with Gasteiger partial charge in [0.1, 0.15) is 5.82 Å². The van der Waals surface area contributed by atoms with Crippen molar-refractivity contribution in [2.24, 2.45) is 0 Å². The molecule has 0 saturated carbocycles. The highest BCUT2D eigenvalue weighted by molar-refractivity contribution is 7.89. The van der Waals surface area contributed by atoms with Gasteiger partial charge < -0.3 is 20.3 Å². The molecule has 0 aliphatic carbocycles. The van der Waals surface area contributed by atoms with Crippen LogP contribution in [-0.2, 0) is 16.1 Å². The second-order valence-corrected chi connectivity index (χ2v) is 6.55. The molecule has 23 heavy (non-hydrogen) atoms. The van der Waals surface area contributed by atoms with E-state index in [4.69, 9.17) is 10.5 Å². The third-order valence-electron chi connectivity index (χ3n) is 3.56. The third-order valence-corrected chi connectivity index (χ3v) is 5.07. The standard InChI is InChI=1S/C15H19N5O2S/c1-17-14-10-13(18-15(16)19-14)11-2-4-12(5-3-11)23(21)20-6-8-22-9-7-20/h2-5,10H,6-9H2,1H3,(H3,16,17,18,19)/t23-/m1/s1. The Labute approximate surface area is 138 Å². The first-order chi connectivity index (χ1) is 11.2. The number of nitrogen functional groups attached to an aromatic ring is 1. The number of hydrogen-bond donors (Lipinski definition) is 2. The van der Waals surface area contributed by atoms with Crippen molar-refractivity contribution in [1.82, 2.24) is 14.3 Å². The maximum absolute atomic E-state index is 12.5. The van der Waals surface area contributed by atoms with E-state index in [2.05, 4.69) is 15.3 Å². The lowest BCUT2D eigenvalue weighted by Gasteiger charge is -2.27. The second-order valence-electron chi connectivity index (χ2n) is 5.06. The summed E-state index contributed by atoms with van der Waals surface area (Å²) in [6.45, 7) is 2.61. The van der Waals surface area contributed by atoms with Gasteiger partial charge in [0, 0.05) is 18.7 Å². The minimum atomic E-state index is -1.16. The van der Waals surface area contributed by atoms with Gasteiger partial charge in [-0.05, 0) is 24.3 Å². The fourth-order valence-corrected chi connectivity index (χ4v) is 3.49. The number of nitrogens with zero attached hydrogens (tertiary/aromatic N) is 3. The SMILES string of the molecule is CNc1cc(-c2ccc([S@@+]([O-])N3CCOCC3)cc2)nc(N)n1. The van der Waals surface area contributed by atoms with Crippen LogP contribution in [0.2, 0.25) is 0 Å². The number of nitrogens with two attached hydrogens (primary N) is 1. The van der Waals surface area contributed by atoms with Gasteiger partial charge in [0.15, 0.2) is 4.90 Å². The Kier molecular flexibility index (Phi) is 4.97. The minimum absolute atomic E-state index is 0.216. The van der Waals surface area contributed by atoms with E-state index < -0.39 is 11.4 Å². The van der Waals surface area contributed by atoms with E-state index in [-0.39, 0.29) is 5.95 Å². The molecule has 1 aliphatic rings. The number of nitrogens with one attached hydrogen (secondary N) is 1. The molecule has 8 heteroatoms. The zero-order valence-corrected chi connectivity index (χ0v) is 13.7. The predicted octanol–water partition coefficient (Wildman–Crippen LogP) is 1.12. The molecule has 0 amide bonds. The Morgan fingerprint density at radius 1 is 1.22 bits per heavy atom. The number of benzene rings is 1. The van der Waals surface area contributed by atoms with Gasteiger partial charge in [-0.15, -0.1) is 4.31 Å². The lowest BCUT2D eigenvalue weighted by molar-refractivity contribution is 0.0730. The average Bonchev–Trinajstić information content (AvgIpc) is 2.61. The van der Waals surface area contributed by atoms with Gasteiger partial charge in [0.2, 0.25) is 5.95 Å². The molecule has 1 aromatic carbocycles. The maximum atomic E-state index is 12.5. The fourth-order valence-electron chi connectivity index (χ4n) is 2.35. The Balaban J connectivity index is 1.80. The second kappa shape index (κ2) is 7.14. The summed E-state index contributed by atoms with van der Waals surface area (Å²) in [4.78, 5) is 9.08. The molecule has 122 valence electrons. The van der Waals surface area contributed by atoms with Crippen molar-refractivity contribution in [3.8, 4) is 11.3 Å². The number of aromatic nitrogens is 2. The van der Waals surface area contributed by atoms with E-state index >= 15 is 0 Å². The van der Waals surface area contributed by atoms with Crippen LogP contribution in [0.25, 0.3) is 11.3 Å². The monoisotopic (exact) mass is 333 g/mol. The molecule has 0 radical (unpaired) electrons. The lowest BCUT2D eigenvalue weighted by Crippen LogP contribution is -2.40. The topological polar surface area (TPSA) is 99.4 Å². The predicted molar refractivity (Wildman–Crippen MR) is 90.2 cm³/mol. The highest BCUT2D eigenvalue weighted by atomic mass is 32.2. The van der Waals surface area contributed by atoms with Crippen molar-refractivity contribution < 1.29 is 9.29 Å². The highest BCUT2D eigenvalue weighted by Gasteiger charge is 2.24. The molecule has 0 unspecified atom stereocenters. The van der Waals surface area contributed by atoms with E-state index in [9.17, 15) is 4.55 Å². The molecule has 2 heterocycles. The molecule has 7 nitrogen and oxygen atoms in total. The molecule has 2 aromatic rings. The lowest BCUT2D eigenvalue weighted by atomic mass is 10.1. The normalized spacial score (nSPS) is 17.0. The number of morpholine rings is 1. The first-order valence-electron chi connectivity index (χ1n) is 7.34. The van der Waals surface area contributed by atoms with Crippen molar-refractivity contribution in [2.45, 2.75) is 4.90 Å². The van der Waals surface area contributed by atoms with Gasteiger partial charge in [0.05, 0.1) is 43.4 Å². The molecule has 3 N–H and O–H groups in total. The van der Waals surface area contributed by atoms with Crippen LogP contribution in [0.1, 0.15) is 0 Å². The summed E-state index contributed by atoms with van der Waals surface area (Å²) in [6, 6.07) is 9.34. The molecule has 3 rings (SSSR count). The van der Waals surface area contributed by atoms with E-state index in [0.717, 1.165) is 16.2 Å². The molecule has 0 spiro atoms. The van der Waals surface area contributed by atoms with Gasteiger partial charge >= 0.3 is 0 Å².